The Balaban J connectivity index is 1.24. The molecule has 1 N–H and O–H groups in total. The molecule has 0 bridgehead atoms. The Morgan fingerprint density at radius 3 is 2.47 bits per heavy atom. The van der Waals surface area contributed by atoms with Gasteiger partial charge in [-0.25, -0.2) is 4.98 Å². The smallest absolute Gasteiger partial charge is 0.161 e. The lowest BCUT2D eigenvalue weighted by Crippen LogP contribution is -2.47. The zero-order chi connectivity index (χ0) is 25.5. The van der Waals surface area contributed by atoms with Gasteiger partial charge in [-0.05, 0) is 74.1 Å². The minimum absolute atomic E-state index is 0.280. The van der Waals surface area contributed by atoms with E-state index in [1.54, 1.807) is 13.3 Å². The molecule has 0 unspecified atom stereocenters. The van der Waals surface area contributed by atoms with Gasteiger partial charge in [-0.3, -0.25) is 4.90 Å². The molecule has 8 heteroatoms. The molecule has 1 aromatic heterocycles. The maximum absolute atomic E-state index is 11.1. The number of rotatable bonds is 11. The molecule has 36 heavy (non-hydrogen) atoms. The van der Waals surface area contributed by atoms with Crippen LogP contribution in [0.15, 0.2) is 49.1 Å². The molecule has 0 atom stereocenters. The molecular weight excluding hydrogens is 478 g/mol. The van der Waals surface area contributed by atoms with Crippen LogP contribution >= 0.6 is 11.6 Å². The van der Waals surface area contributed by atoms with E-state index >= 15 is 0 Å². The molecule has 1 aliphatic heterocycles. The van der Waals surface area contributed by atoms with E-state index in [0.29, 0.717) is 19.4 Å². The van der Waals surface area contributed by atoms with Crippen LogP contribution in [0.3, 0.4) is 0 Å². The lowest BCUT2D eigenvalue weighted by molar-refractivity contribution is -0.0537. The molecule has 0 amide bonds. The van der Waals surface area contributed by atoms with E-state index in [1.807, 2.05) is 55.2 Å². The van der Waals surface area contributed by atoms with Crippen LogP contribution in [0.4, 0.5) is 0 Å². The Morgan fingerprint density at radius 1 is 1.06 bits per heavy atom. The van der Waals surface area contributed by atoms with Gasteiger partial charge in [0.05, 0.1) is 20.0 Å². The molecular formula is C28H36ClN3O4. The van der Waals surface area contributed by atoms with Gasteiger partial charge in [-0.1, -0.05) is 17.7 Å². The number of ether oxygens (including phenoxy) is 3. The first-order chi connectivity index (χ1) is 17.3. The topological polar surface area (TPSA) is 69.0 Å². The van der Waals surface area contributed by atoms with Crippen molar-refractivity contribution in [3.05, 3.63) is 70.8 Å². The van der Waals surface area contributed by atoms with Crippen molar-refractivity contribution in [2.45, 2.75) is 51.8 Å². The summed E-state index contributed by atoms with van der Waals surface area (Å²) >= 11 is 6.25. The fourth-order valence-electron chi connectivity index (χ4n) is 4.51. The monoisotopic (exact) mass is 513 g/mol. The Morgan fingerprint density at radius 2 is 1.81 bits per heavy atom. The van der Waals surface area contributed by atoms with Crippen molar-refractivity contribution < 1.29 is 19.3 Å². The fourth-order valence-corrected chi connectivity index (χ4v) is 4.62. The third kappa shape index (κ3) is 6.93. The number of aryl methyl sites for hydroxylation is 3. The van der Waals surface area contributed by atoms with E-state index in [-0.39, 0.29) is 6.61 Å². The summed E-state index contributed by atoms with van der Waals surface area (Å²) in [6, 6.07) is 9.96. The van der Waals surface area contributed by atoms with Crippen LogP contribution in [-0.4, -0.2) is 58.6 Å². The molecule has 2 aromatic carbocycles. The van der Waals surface area contributed by atoms with E-state index in [0.717, 1.165) is 71.6 Å². The summed E-state index contributed by atoms with van der Waals surface area (Å²) in [4.78, 5) is 6.41. The van der Waals surface area contributed by atoms with Gasteiger partial charge in [0.15, 0.2) is 11.5 Å². The highest BCUT2D eigenvalue weighted by atomic mass is 35.5. The van der Waals surface area contributed by atoms with Crippen molar-refractivity contribution in [2.24, 2.45) is 0 Å². The lowest BCUT2D eigenvalue weighted by Gasteiger charge is -2.38. The first-order valence-corrected chi connectivity index (χ1v) is 12.8. The Bertz CT molecular complexity index is 1100. The normalized spacial score (nSPS) is 15.6. The van der Waals surface area contributed by atoms with Gasteiger partial charge in [0.1, 0.15) is 18.0 Å². The van der Waals surface area contributed by atoms with Gasteiger partial charge in [0.2, 0.25) is 0 Å². The molecule has 2 heterocycles. The van der Waals surface area contributed by atoms with Crippen molar-refractivity contribution in [3.63, 3.8) is 0 Å². The first kappa shape index (κ1) is 26.3. The average molecular weight is 514 g/mol. The van der Waals surface area contributed by atoms with Crippen LogP contribution < -0.4 is 14.2 Å². The van der Waals surface area contributed by atoms with E-state index in [2.05, 4.69) is 16.0 Å². The summed E-state index contributed by atoms with van der Waals surface area (Å²) in [5.41, 5.74) is 2.29. The van der Waals surface area contributed by atoms with E-state index in [9.17, 15) is 5.11 Å². The van der Waals surface area contributed by atoms with Crippen LogP contribution in [0.5, 0.6) is 17.2 Å². The predicted octanol–water partition coefficient (Wildman–Crippen LogP) is 5.04. The van der Waals surface area contributed by atoms with Crippen LogP contribution in [0.1, 0.15) is 36.0 Å². The Hall–Kier alpha value is -2.74. The molecule has 7 nitrogen and oxygen atoms in total. The number of likely N-dealkylation sites (tertiary alicyclic amines) is 1. The molecule has 194 valence electrons. The summed E-state index contributed by atoms with van der Waals surface area (Å²) in [7, 11) is 1.67. The zero-order valence-corrected chi connectivity index (χ0v) is 22.1. The maximum Gasteiger partial charge on any atom is 0.161 e. The number of halogens is 1. The fraction of sp³-hybridized carbons (Fsp3) is 0.464. The van der Waals surface area contributed by atoms with Crippen molar-refractivity contribution in [1.82, 2.24) is 14.5 Å². The van der Waals surface area contributed by atoms with Gasteiger partial charge in [0, 0.05) is 43.6 Å². The number of hydrogen-bond acceptors (Lipinski definition) is 6. The number of aromatic nitrogens is 2. The van der Waals surface area contributed by atoms with Gasteiger partial charge in [0.25, 0.3) is 0 Å². The second-order valence-corrected chi connectivity index (χ2v) is 10.0. The molecule has 4 rings (SSSR count). The predicted molar refractivity (Wildman–Crippen MR) is 141 cm³/mol. The second-order valence-electron chi connectivity index (χ2n) is 9.65. The second kappa shape index (κ2) is 12.0. The van der Waals surface area contributed by atoms with Crippen LogP contribution in [0, 0.1) is 13.8 Å². The molecule has 0 saturated carbocycles. The van der Waals surface area contributed by atoms with Crippen LogP contribution in [-0.2, 0) is 13.1 Å². The van der Waals surface area contributed by atoms with Crippen molar-refractivity contribution >= 4 is 11.6 Å². The number of aliphatic hydroxyl groups is 1. The highest BCUT2D eigenvalue weighted by Crippen LogP contribution is 2.31. The Kier molecular flexibility index (Phi) is 8.77. The molecule has 0 spiro atoms. The average Bonchev–Trinajstić information content (AvgIpc) is 3.39. The number of methoxy groups -OCH3 is 1. The van der Waals surface area contributed by atoms with Crippen LogP contribution in [0.2, 0.25) is 5.02 Å². The van der Waals surface area contributed by atoms with E-state index in [4.69, 9.17) is 25.8 Å². The summed E-state index contributed by atoms with van der Waals surface area (Å²) in [6.45, 7) is 8.08. The minimum atomic E-state index is -0.829. The number of nitrogens with zero attached hydrogens (tertiary/aromatic N) is 3. The summed E-state index contributed by atoms with van der Waals surface area (Å²) in [5, 5.41) is 11.8. The quantitative estimate of drug-likeness (QED) is 0.362. The largest absolute Gasteiger partial charge is 0.493 e. The third-order valence-electron chi connectivity index (χ3n) is 6.72. The maximum atomic E-state index is 11.1. The molecule has 1 aliphatic rings. The van der Waals surface area contributed by atoms with Crippen molar-refractivity contribution in [3.8, 4) is 17.2 Å². The molecule has 0 aliphatic carbocycles. The zero-order valence-electron chi connectivity index (χ0n) is 21.4. The SMILES string of the molecule is COc1cc(CN2CCC(O)(COc3cc(C)c(Cl)c(C)c3)CC2)ccc1OCCCn1ccnc1. The molecule has 3 aromatic rings. The number of benzene rings is 2. The summed E-state index contributed by atoms with van der Waals surface area (Å²) < 4.78 is 19.5. The Labute approximate surface area is 218 Å². The highest BCUT2D eigenvalue weighted by molar-refractivity contribution is 6.32. The number of piperidine rings is 1. The van der Waals surface area contributed by atoms with E-state index < -0.39 is 5.60 Å². The molecule has 1 fully saturated rings. The number of imidazole rings is 1. The van der Waals surface area contributed by atoms with Gasteiger partial charge >= 0.3 is 0 Å². The highest BCUT2D eigenvalue weighted by Gasteiger charge is 2.33. The van der Waals surface area contributed by atoms with Crippen molar-refractivity contribution in [2.75, 3.05) is 33.4 Å². The summed E-state index contributed by atoms with van der Waals surface area (Å²) in [5.74, 6) is 2.25. The lowest BCUT2D eigenvalue weighted by atomic mass is 9.92. The molecule has 1 saturated heterocycles. The van der Waals surface area contributed by atoms with Gasteiger partial charge in [-0.2, -0.15) is 0 Å². The first-order valence-electron chi connectivity index (χ1n) is 12.4. The standard InChI is InChI=1S/C28H36ClN3O4/c1-21-15-24(16-22(2)27(21)29)36-19-28(33)7-11-31(12-8-28)18-23-5-6-25(26(17-23)34-3)35-14-4-10-32-13-9-30-20-32/h5-6,9,13,15-17,20,33H,4,7-8,10-12,14,18-19H2,1-3H3. The number of hydrogen-bond donors (Lipinski definition) is 1. The van der Waals surface area contributed by atoms with E-state index in [1.165, 1.54) is 0 Å². The van der Waals surface area contributed by atoms with Gasteiger partial charge < -0.3 is 23.9 Å². The van der Waals surface area contributed by atoms with Crippen molar-refractivity contribution in [1.29, 1.82) is 0 Å². The summed E-state index contributed by atoms with van der Waals surface area (Å²) in [6.07, 6.45) is 7.75. The third-order valence-corrected chi connectivity index (χ3v) is 7.31. The minimum Gasteiger partial charge on any atom is -0.493 e. The molecule has 0 radical (unpaired) electrons. The van der Waals surface area contributed by atoms with Gasteiger partial charge in [-0.15, -0.1) is 0 Å². The van der Waals surface area contributed by atoms with Crippen LogP contribution in [0.25, 0.3) is 0 Å².